The van der Waals surface area contributed by atoms with Crippen LogP contribution in [0.4, 0.5) is 5.95 Å². The van der Waals surface area contributed by atoms with E-state index >= 15 is 0 Å². The van der Waals surface area contributed by atoms with Gasteiger partial charge in [-0.2, -0.15) is 10.1 Å². The Morgan fingerprint density at radius 3 is 2.62 bits per heavy atom. The maximum Gasteiger partial charge on any atom is 0.332 e. The van der Waals surface area contributed by atoms with Crippen LogP contribution in [-0.4, -0.2) is 24.4 Å². The van der Waals surface area contributed by atoms with E-state index in [1.807, 2.05) is 30.5 Å². The molecule has 0 saturated heterocycles. The molecular formula is C21H24N6O2. The van der Waals surface area contributed by atoms with Gasteiger partial charge in [-0.1, -0.05) is 30.3 Å². The zero-order chi connectivity index (χ0) is 20.9. The van der Waals surface area contributed by atoms with Crippen LogP contribution in [0.25, 0.3) is 11.2 Å². The second kappa shape index (κ2) is 6.88. The van der Waals surface area contributed by atoms with Gasteiger partial charge in [0.25, 0.3) is 5.56 Å². The SMILES string of the molecule is C=CCn1c(=O)c2c(nc3n2[C@H](C)C(C)=NN3Cc2ccccc2C)n(C)c1=O. The molecule has 4 rings (SSSR count). The zero-order valence-electron chi connectivity index (χ0n) is 17.1. The van der Waals surface area contributed by atoms with E-state index < -0.39 is 5.69 Å². The summed E-state index contributed by atoms with van der Waals surface area (Å²) in [6.45, 7) is 10.3. The summed E-state index contributed by atoms with van der Waals surface area (Å²) in [4.78, 5) is 30.5. The number of aromatic nitrogens is 4. The molecule has 0 unspecified atom stereocenters. The monoisotopic (exact) mass is 392 g/mol. The number of fused-ring (bicyclic) bond motifs is 3. The molecule has 8 heteroatoms. The van der Waals surface area contributed by atoms with Crippen LogP contribution >= 0.6 is 0 Å². The normalized spacial score (nSPS) is 16.1. The van der Waals surface area contributed by atoms with E-state index in [2.05, 4.69) is 30.6 Å². The Bertz CT molecular complexity index is 1280. The van der Waals surface area contributed by atoms with Gasteiger partial charge in [-0.15, -0.1) is 6.58 Å². The highest BCUT2D eigenvalue weighted by Crippen LogP contribution is 2.31. The van der Waals surface area contributed by atoms with Crippen molar-refractivity contribution in [1.82, 2.24) is 18.7 Å². The molecule has 3 aromatic rings. The summed E-state index contributed by atoms with van der Waals surface area (Å²) in [5, 5.41) is 6.54. The summed E-state index contributed by atoms with van der Waals surface area (Å²) >= 11 is 0. The van der Waals surface area contributed by atoms with Crippen molar-refractivity contribution < 1.29 is 0 Å². The molecule has 0 spiro atoms. The van der Waals surface area contributed by atoms with E-state index in [-0.39, 0.29) is 18.1 Å². The number of hydrogen-bond donors (Lipinski definition) is 0. The van der Waals surface area contributed by atoms with Gasteiger partial charge in [0.2, 0.25) is 5.95 Å². The third-order valence-electron chi connectivity index (χ3n) is 5.55. The number of imidazole rings is 1. The first kappa shape index (κ1) is 18.9. The summed E-state index contributed by atoms with van der Waals surface area (Å²) in [5.41, 5.74) is 3.14. The number of hydrogen-bond acceptors (Lipinski definition) is 5. The molecule has 0 saturated carbocycles. The molecule has 1 aromatic carbocycles. The van der Waals surface area contributed by atoms with E-state index in [1.165, 1.54) is 9.13 Å². The maximum atomic E-state index is 13.2. The zero-order valence-corrected chi connectivity index (χ0v) is 17.1. The first-order valence-corrected chi connectivity index (χ1v) is 9.55. The Kier molecular flexibility index (Phi) is 4.49. The van der Waals surface area contributed by atoms with Gasteiger partial charge in [0.05, 0.1) is 18.3 Å². The molecule has 0 radical (unpaired) electrons. The summed E-state index contributed by atoms with van der Waals surface area (Å²) in [6, 6.07) is 7.95. The third kappa shape index (κ3) is 2.83. The lowest BCUT2D eigenvalue weighted by molar-refractivity contribution is 0.628. The molecular weight excluding hydrogens is 368 g/mol. The van der Waals surface area contributed by atoms with E-state index in [9.17, 15) is 9.59 Å². The van der Waals surface area contributed by atoms with Crippen LogP contribution in [0.15, 0.2) is 51.6 Å². The average Bonchev–Trinajstić information content (AvgIpc) is 3.10. The quantitative estimate of drug-likeness (QED) is 0.639. The van der Waals surface area contributed by atoms with Crippen molar-refractivity contribution in [3.8, 4) is 0 Å². The Hall–Kier alpha value is -3.42. The minimum atomic E-state index is -0.409. The first-order chi connectivity index (χ1) is 13.8. The van der Waals surface area contributed by atoms with Gasteiger partial charge in [0.15, 0.2) is 11.2 Å². The number of rotatable bonds is 4. The van der Waals surface area contributed by atoms with Crippen LogP contribution in [0.3, 0.4) is 0 Å². The van der Waals surface area contributed by atoms with Crippen LogP contribution in [-0.2, 0) is 20.1 Å². The van der Waals surface area contributed by atoms with Crippen molar-refractivity contribution in [3.63, 3.8) is 0 Å². The van der Waals surface area contributed by atoms with Crippen molar-refractivity contribution in [1.29, 1.82) is 0 Å². The highest BCUT2D eigenvalue weighted by atomic mass is 16.2. The molecule has 0 aliphatic carbocycles. The predicted octanol–water partition coefficient (Wildman–Crippen LogP) is 2.35. The summed E-state index contributed by atoms with van der Waals surface area (Å²) in [7, 11) is 1.63. The lowest BCUT2D eigenvalue weighted by atomic mass is 10.1. The number of allylic oxidation sites excluding steroid dienone is 1. The summed E-state index contributed by atoms with van der Waals surface area (Å²) < 4.78 is 4.49. The van der Waals surface area contributed by atoms with E-state index in [4.69, 9.17) is 5.10 Å². The Morgan fingerprint density at radius 2 is 1.93 bits per heavy atom. The fourth-order valence-corrected chi connectivity index (χ4v) is 3.73. The molecule has 1 aliphatic rings. The molecule has 29 heavy (non-hydrogen) atoms. The van der Waals surface area contributed by atoms with E-state index in [0.717, 1.165) is 16.8 Å². The number of nitrogens with zero attached hydrogens (tertiary/aromatic N) is 6. The summed E-state index contributed by atoms with van der Waals surface area (Å²) in [6.07, 6.45) is 1.54. The fraction of sp³-hybridized carbons (Fsp3) is 0.333. The third-order valence-corrected chi connectivity index (χ3v) is 5.55. The van der Waals surface area contributed by atoms with Crippen molar-refractivity contribution in [2.75, 3.05) is 5.01 Å². The molecule has 8 nitrogen and oxygen atoms in total. The Labute approximate surface area is 168 Å². The maximum absolute atomic E-state index is 13.2. The topological polar surface area (TPSA) is 77.4 Å². The van der Waals surface area contributed by atoms with E-state index in [1.54, 1.807) is 18.1 Å². The highest BCUT2D eigenvalue weighted by Gasteiger charge is 2.30. The minimum absolute atomic E-state index is 0.148. The first-order valence-electron chi connectivity index (χ1n) is 9.55. The van der Waals surface area contributed by atoms with Gasteiger partial charge in [0.1, 0.15) is 0 Å². The molecule has 2 aromatic heterocycles. The van der Waals surface area contributed by atoms with Crippen molar-refractivity contribution in [3.05, 3.63) is 68.9 Å². The van der Waals surface area contributed by atoms with Crippen molar-refractivity contribution in [2.45, 2.75) is 39.9 Å². The highest BCUT2D eigenvalue weighted by molar-refractivity contribution is 5.91. The van der Waals surface area contributed by atoms with Crippen molar-refractivity contribution in [2.24, 2.45) is 12.1 Å². The van der Waals surface area contributed by atoms with Gasteiger partial charge < -0.3 is 0 Å². The molecule has 0 fully saturated rings. The molecule has 1 atom stereocenters. The van der Waals surface area contributed by atoms with Gasteiger partial charge in [-0.25, -0.2) is 9.80 Å². The summed E-state index contributed by atoms with van der Waals surface area (Å²) in [5.74, 6) is 0.560. The smallest absolute Gasteiger partial charge is 0.294 e. The van der Waals surface area contributed by atoms with Gasteiger partial charge in [-0.3, -0.25) is 18.5 Å². The van der Waals surface area contributed by atoms with Gasteiger partial charge in [0, 0.05) is 13.6 Å². The largest absolute Gasteiger partial charge is 0.332 e. The number of hydrazone groups is 1. The average molecular weight is 392 g/mol. The standard InChI is InChI=1S/C21H24N6O2/c1-6-11-25-19(28)17-18(24(5)21(25)29)22-20-26(23-14(3)15(4)27(17)20)12-16-10-8-7-9-13(16)2/h6-10,15H,1,11-12H2,2-5H3/t15-/m1/s1. The molecule has 3 heterocycles. The minimum Gasteiger partial charge on any atom is -0.294 e. The van der Waals surface area contributed by atoms with Crippen LogP contribution in [0, 0.1) is 6.92 Å². The van der Waals surface area contributed by atoms with E-state index in [0.29, 0.717) is 23.7 Å². The van der Waals surface area contributed by atoms with Crippen molar-refractivity contribution >= 4 is 22.8 Å². The molecule has 0 amide bonds. The van der Waals surface area contributed by atoms with Crippen LogP contribution in [0.1, 0.15) is 31.0 Å². The molecule has 150 valence electrons. The van der Waals surface area contributed by atoms with Crippen LogP contribution in [0.2, 0.25) is 0 Å². The Morgan fingerprint density at radius 1 is 1.21 bits per heavy atom. The van der Waals surface area contributed by atoms with Gasteiger partial charge in [-0.05, 0) is 31.9 Å². The second-order valence-corrected chi connectivity index (χ2v) is 7.40. The number of aryl methyl sites for hydroxylation is 2. The molecule has 1 aliphatic heterocycles. The Balaban J connectivity index is 1.98. The number of benzene rings is 1. The predicted molar refractivity (Wildman–Crippen MR) is 115 cm³/mol. The lowest BCUT2D eigenvalue weighted by Gasteiger charge is -2.29. The fourth-order valence-electron chi connectivity index (χ4n) is 3.73. The molecule has 0 N–H and O–H groups in total. The lowest BCUT2D eigenvalue weighted by Crippen LogP contribution is -2.40. The second-order valence-electron chi connectivity index (χ2n) is 7.40. The van der Waals surface area contributed by atoms with Gasteiger partial charge >= 0.3 is 5.69 Å². The number of anilines is 1. The molecule has 0 bridgehead atoms. The van der Waals surface area contributed by atoms with Crippen LogP contribution in [0.5, 0.6) is 0 Å². The van der Waals surface area contributed by atoms with Crippen LogP contribution < -0.4 is 16.3 Å².